The predicted molar refractivity (Wildman–Crippen MR) is 135 cm³/mol. The normalized spacial score (nSPS) is 20.7. The minimum atomic E-state index is -0.951. The first-order valence-electron chi connectivity index (χ1n) is 11.8. The molecule has 2 aliphatic heterocycles. The van der Waals surface area contributed by atoms with Crippen molar-refractivity contribution in [3.8, 4) is 11.3 Å². The summed E-state index contributed by atoms with van der Waals surface area (Å²) in [5.41, 5.74) is 1.97. The summed E-state index contributed by atoms with van der Waals surface area (Å²) < 4.78 is 11.8. The summed E-state index contributed by atoms with van der Waals surface area (Å²) in [5.74, 6) is 0.521. The van der Waals surface area contributed by atoms with Gasteiger partial charge in [0.25, 0.3) is 0 Å². The standard InChI is InChI=1S/C26H28N4O4S/c31-25(32)19-7-5-18(6-8-19)21-9-10-22(34-21)24-23(20-4-1-2-11-27-20)28-26(35)30(24)13-3-12-29-14-16-33-17-15-29/h1-2,4-11,23-24H,3,12-17H2,(H,28,35)(H,31,32)/t23-,24-/m1/s1. The van der Waals surface area contributed by atoms with E-state index in [0.29, 0.717) is 10.9 Å². The number of thiocarbonyl (C=S) groups is 1. The second kappa shape index (κ2) is 10.6. The highest BCUT2D eigenvalue weighted by atomic mass is 32.1. The minimum absolute atomic E-state index is 0.138. The summed E-state index contributed by atoms with van der Waals surface area (Å²) in [4.78, 5) is 20.4. The Hall–Kier alpha value is -3.27. The first kappa shape index (κ1) is 23.5. The summed E-state index contributed by atoms with van der Waals surface area (Å²) >= 11 is 5.76. The van der Waals surface area contributed by atoms with Crippen molar-refractivity contribution in [2.45, 2.75) is 18.5 Å². The van der Waals surface area contributed by atoms with Gasteiger partial charge in [-0.25, -0.2) is 4.79 Å². The molecule has 3 aromatic rings. The first-order chi connectivity index (χ1) is 17.1. The molecule has 2 aliphatic rings. The van der Waals surface area contributed by atoms with Crippen molar-refractivity contribution in [1.29, 1.82) is 0 Å². The molecule has 0 unspecified atom stereocenters. The maximum absolute atomic E-state index is 11.2. The number of benzene rings is 1. The van der Waals surface area contributed by atoms with Gasteiger partial charge in [0, 0.05) is 37.9 Å². The Balaban J connectivity index is 1.38. The molecule has 0 aliphatic carbocycles. The number of rotatable bonds is 8. The molecule has 1 aromatic carbocycles. The summed E-state index contributed by atoms with van der Waals surface area (Å²) in [7, 11) is 0. The van der Waals surface area contributed by atoms with Crippen LogP contribution in [0.25, 0.3) is 11.3 Å². The maximum atomic E-state index is 11.2. The van der Waals surface area contributed by atoms with Crippen LogP contribution in [0.15, 0.2) is 65.2 Å². The number of hydrogen-bond acceptors (Lipinski definition) is 6. The van der Waals surface area contributed by atoms with Crippen molar-refractivity contribution in [2.75, 3.05) is 39.4 Å². The number of aromatic nitrogens is 1. The van der Waals surface area contributed by atoms with Gasteiger partial charge >= 0.3 is 5.97 Å². The molecule has 0 spiro atoms. The molecule has 182 valence electrons. The van der Waals surface area contributed by atoms with Gasteiger partial charge < -0.3 is 24.5 Å². The third-order valence-electron chi connectivity index (χ3n) is 6.51. The van der Waals surface area contributed by atoms with Gasteiger partial charge in [0.05, 0.1) is 30.5 Å². The molecule has 0 amide bonds. The average Bonchev–Trinajstić information content (AvgIpc) is 3.50. The molecule has 0 saturated carbocycles. The van der Waals surface area contributed by atoms with Crippen LogP contribution in [-0.2, 0) is 4.74 Å². The number of nitrogens with one attached hydrogen (secondary N) is 1. The molecule has 2 aromatic heterocycles. The van der Waals surface area contributed by atoms with Crippen LogP contribution in [0.4, 0.5) is 0 Å². The van der Waals surface area contributed by atoms with E-state index < -0.39 is 5.97 Å². The Kier molecular flexibility index (Phi) is 7.08. The van der Waals surface area contributed by atoms with Crippen LogP contribution in [0.5, 0.6) is 0 Å². The van der Waals surface area contributed by atoms with Gasteiger partial charge in [0.2, 0.25) is 0 Å². The van der Waals surface area contributed by atoms with E-state index in [1.54, 1.807) is 30.5 Å². The van der Waals surface area contributed by atoms with Crippen LogP contribution < -0.4 is 5.32 Å². The number of aromatic carboxylic acids is 1. The lowest BCUT2D eigenvalue weighted by molar-refractivity contribution is 0.0365. The van der Waals surface area contributed by atoms with E-state index in [-0.39, 0.29) is 17.6 Å². The largest absolute Gasteiger partial charge is 0.478 e. The van der Waals surface area contributed by atoms with Crippen LogP contribution in [0.3, 0.4) is 0 Å². The summed E-state index contributed by atoms with van der Waals surface area (Å²) in [6.07, 6.45) is 2.76. The van der Waals surface area contributed by atoms with E-state index >= 15 is 0 Å². The molecular formula is C26H28N4O4S. The van der Waals surface area contributed by atoms with Crippen LogP contribution >= 0.6 is 12.2 Å². The number of nitrogens with zero attached hydrogens (tertiary/aromatic N) is 3. The zero-order valence-electron chi connectivity index (χ0n) is 19.3. The molecule has 4 heterocycles. The fraction of sp³-hybridized carbons (Fsp3) is 0.346. The third kappa shape index (κ3) is 5.22. The van der Waals surface area contributed by atoms with Gasteiger partial charge in [-0.2, -0.15) is 0 Å². The maximum Gasteiger partial charge on any atom is 0.335 e. The van der Waals surface area contributed by atoms with E-state index in [4.69, 9.17) is 21.4 Å². The lowest BCUT2D eigenvalue weighted by Crippen LogP contribution is -2.38. The predicted octanol–water partition coefficient (Wildman–Crippen LogP) is 3.73. The highest BCUT2D eigenvalue weighted by Crippen LogP contribution is 2.40. The topological polar surface area (TPSA) is 91.1 Å². The van der Waals surface area contributed by atoms with Gasteiger partial charge in [0.1, 0.15) is 17.6 Å². The third-order valence-corrected chi connectivity index (χ3v) is 6.86. The number of carboxylic acids is 1. The lowest BCUT2D eigenvalue weighted by atomic mass is 10.0. The van der Waals surface area contributed by atoms with Gasteiger partial charge in [-0.15, -0.1) is 0 Å². The van der Waals surface area contributed by atoms with Gasteiger partial charge in [-0.3, -0.25) is 9.88 Å². The smallest absolute Gasteiger partial charge is 0.335 e. The Morgan fingerprint density at radius 2 is 1.89 bits per heavy atom. The van der Waals surface area contributed by atoms with E-state index in [1.807, 2.05) is 30.3 Å². The number of ether oxygens (including phenoxy) is 1. The summed E-state index contributed by atoms with van der Waals surface area (Å²) in [6.45, 7) is 5.28. The van der Waals surface area contributed by atoms with Crippen LogP contribution in [-0.4, -0.2) is 70.4 Å². The van der Waals surface area contributed by atoms with E-state index in [1.165, 1.54) is 0 Å². The summed E-state index contributed by atoms with van der Waals surface area (Å²) in [5, 5.41) is 13.3. The zero-order valence-corrected chi connectivity index (χ0v) is 20.1. The monoisotopic (exact) mass is 492 g/mol. The summed E-state index contributed by atoms with van der Waals surface area (Å²) in [6, 6.07) is 16.2. The highest BCUT2D eigenvalue weighted by Gasteiger charge is 2.41. The molecule has 8 nitrogen and oxygen atoms in total. The Labute approximate surface area is 209 Å². The number of carboxylic acid groups (broad SMARTS) is 1. The molecule has 2 N–H and O–H groups in total. The molecule has 35 heavy (non-hydrogen) atoms. The van der Waals surface area contributed by atoms with Crippen molar-refractivity contribution in [3.05, 3.63) is 77.8 Å². The molecular weight excluding hydrogens is 464 g/mol. The Bertz CT molecular complexity index is 1160. The molecule has 2 atom stereocenters. The minimum Gasteiger partial charge on any atom is -0.478 e. The number of morpholine rings is 1. The molecule has 9 heteroatoms. The van der Waals surface area contributed by atoms with E-state index in [2.05, 4.69) is 20.1 Å². The van der Waals surface area contributed by atoms with Crippen molar-refractivity contribution in [1.82, 2.24) is 20.1 Å². The second-order valence-corrected chi connectivity index (χ2v) is 9.10. The zero-order chi connectivity index (χ0) is 24.2. The highest BCUT2D eigenvalue weighted by molar-refractivity contribution is 7.80. The Morgan fingerprint density at radius 3 is 2.60 bits per heavy atom. The molecule has 0 radical (unpaired) electrons. The van der Waals surface area contributed by atoms with Crippen LogP contribution in [0.2, 0.25) is 0 Å². The second-order valence-electron chi connectivity index (χ2n) is 8.71. The Morgan fingerprint density at radius 1 is 1.09 bits per heavy atom. The van der Waals surface area contributed by atoms with Crippen molar-refractivity contribution < 1.29 is 19.1 Å². The van der Waals surface area contributed by atoms with Crippen molar-refractivity contribution in [3.63, 3.8) is 0 Å². The molecule has 5 rings (SSSR count). The number of hydrogen-bond donors (Lipinski definition) is 2. The fourth-order valence-electron chi connectivity index (χ4n) is 4.69. The van der Waals surface area contributed by atoms with Crippen molar-refractivity contribution >= 4 is 23.3 Å². The van der Waals surface area contributed by atoms with Gasteiger partial charge in [0.15, 0.2) is 5.11 Å². The van der Waals surface area contributed by atoms with E-state index in [9.17, 15) is 9.90 Å². The average molecular weight is 493 g/mol. The SMILES string of the molecule is O=C(O)c1ccc(-c2ccc([C@@H]3[C@@H](c4ccccn4)NC(=S)N3CCCN3CCOCC3)o2)cc1. The number of carbonyl (C=O) groups is 1. The fourth-order valence-corrected chi connectivity index (χ4v) is 5.02. The first-order valence-corrected chi connectivity index (χ1v) is 12.2. The quantitative estimate of drug-likeness (QED) is 0.456. The lowest BCUT2D eigenvalue weighted by Gasteiger charge is -2.29. The van der Waals surface area contributed by atoms with Crippen molar-refractivity contribution in [2.24, 2.45) is 0 Å². The molecule has 0 bridgehead atoms. The molecule has 2 saturated heterocycles. The molecule has 2 fully saturated rings. The van der Waals surface area contributed by atoms with E-state index in [0.717, 1.165) is 62.8 Å². The van der Waals surface area contributed by atoms with Gasteiger partial charge in [-0.05, 0) is 55.0 Å². The van der Waals surface area contributed by atoms with Crippen LogP contribution in [0, 0.1) is 0 Å². The van der Waals surface area contributed by atoms with Crippen LogP contribution in [0.1, 0.15) is 40.3 Å². The number of furan rings is 1. The van der Waals surface area contributed by atoms with Gasteiger partial charge in [-0.1, -0.05) is 18.2 Å². The number of pyridine rings is 1.